The average molecular weight is 201 g/mol. The fraction of sp³-hybridized carbons (Fsp3) is 1.00. The molecule has 1 heterocycles. The lowest BCUT2D eigenvalue weighted by Gasteiger charge is -2.32. The van der Waals surface area contributed by atoms with Gasteiger partial charge in [-0.05, 0) is 39.3 Å². The summed E-state index contributed by atoms with van der Waals surface area (Å²) in [5.41, 5.74) is 0. The zero-order valence-corrected chi connectivity index (χ0v) is 11.3. The van der Waals surface area contributed by atoms with E-state index < -0.39 is 0 Å². The third kappa shape index (κ3) is 7.37. The van der Waals surface area contributed by atoms with Gasteiger partial charge in [0.1, 0.15) is 0 Å². The van der Waals surface area contributed by atoms with Crippen LogP contribution >= 0.6 is 0 Å². The van der Waals surface area contributed by atoms with E-state index in [9.17, 15) is 0 Å². The fourth-order valence-electron chi connectivity index (χ4n) is 1.78. The molecule has 0 spiro atoms. The van der Waals surface area contributed by atoms with E-state index in [0.29, 0.717) is 0 Å². The Kier molecular flexibility index (Phi) is 15.2. The number of hydrogen-bond donors (Lipinski definition) is 0. The molecule has 1 heteroatoms. The number of hydrogen-bond acceptors (Lipinski definition) is 1. The van der Waals surface area contributed by atoms with Gasteiger partial charge in [-0.2, -0.15) is 0 Å². The van der Waals surface area contributed by atoms with Crippen molar-refractivity contribution in [3.05, 3.63) is 0 Å². The van der Waals surface area contributed by atoms with Crippen molar-refractivity contribution in [2.24, 2.45) is 0 Å². The summed E-state index contributed by atoms with van der Waals surface area (Å²) in [6.07, 6.45) is 5.59. The topological polar surface area (TPSA) is 3.24 Å². The number of likely N-dealkylation sites (tertiary alicyclic amines) is 1. The minimum atomic E-state index is 0.855. The first-order valence-corrected chi connectivity index (χ1v) is 6.58. The maximum Gasteiger partial charge on any atom is 0.00669 e. The highest BCUT2D eigenvalue weighted by Crippen LogP contribution is 2.15. The molecule has 1 nitrogen and oxygen atoms in total. The molecule has 0 N–H and O–H groups in total. The second-order valence-electron chi connectivity index (χ2n) is 3.38. The van der Waals surface area contributed by atoms with Crippen LogP contribution < -0.4 is 0 Å². The minimum Gasteiger partial charge on any atom is -0.301 e. The van der Waals surface area contributed by atoms with E-state index in [0.717, 1.165) is 6.04 Å². The van der Waals surface area contributed by atoms with Gasteiger partial charge < -0.3 is 4.90 Å². The van der Waals surface area contributed by atoms with Crippen LogP contribution in [0.1, 0.15) is 67.2 Å². The maximum atomic E-state index is 2.61. The van der Waals surface area contributed by atoms with Crippen molar-refractivity contribution in [2.75, 3.05) is 13.1 Å². The molecular formula is C13H31N. The number of rotatable bonds is 2. The molecule has 0 aromatic rings. The summed E-state index contributed by atoms with van der Waals surface area (Å²) in [6, 6.07) is 0.855. The fourth-order valence-corrected chi connectivity index (χ4v) is 1.78. The Morgan fingerprint density at radius 1 is 1.07 bits per heavy atom. The Balaban J connectivity index is 0. The third-order valence-electron chi connectivity index (χ3n) is 2.45. The predicted molar refractivity (Wildman–Crippen MR) is 67.9 cm³/mol. The second-order valence-corrected chi connectivity index (χ2v) is 3.38. The van der Waals surface area contributed by atoms with Crippen molar-refractivity contribution < 1.29 is 0 Å². The van der Waals surface area contributed by atoms with E-state index in [1.165, 1.54) is 38.8 Å². The van der Waals surface area contributed by atoms with Crippen LogP contribution in [-0.4, -0.2) is 24.0 Å². The van der Waals surface area contributed by atoms with Gasteiger partial charge in [-0.25, -0.2) is 0 Å². The van der Waals surface area contributed by atoms with Gasteiger partial charge in [0.15, 0.2) is 0 Å². The standard InChI is InChI=1S/C9H19N.2C2H6/c1-3-7-10-8-5-4-6-9(10)2;2*1-2/h9H,3-8H2,1-2H3;2*1-2H3. The lowest BCUT2D eigenvalue weighted by atomic mass is 10.0. The molecule has 14 heavy (non-hydrogen) atoms. The van der Waals surface area contributed by atoms with Gasteiger partial charge in [-0.3, -0.25) is 0 Å². The summed E-state index contributed by atoms with van der Waals surface area (Å²) in [4.78, 5) is 2.61. The molecule has 0 aliphatic carbocycles. The largest absolute Gasteiger partial charge is 0.301 e. The molecule has 88 valence electrons. The molecule has 1 aliphatic heterocycles. The van der Waals surface area contributed by atoms with Gasteiger partial charge in [0.05, 0.1) is 0 Å². The molecular weight excluding hydrogens is 170 g/mol. The van der Waals surface area contributed by atoms with Gasteiger partial charge >= 0.3 is 0 Å². The summed E-state index contributed by atoms with van der Waals surface area (Å²) in [6.45, 7) is 15.3. The lowest BCUT2D eigenvalue weighted by molar-refractivity contribution is 0.161. The van der Waals surface area contributed by atoms with Crippen LogP contribution in [0.2, 0.25) is 0 Å². The summed E-state index contributed by atoms with van der Waals surface area (Å²) < 4.78 is 0. The molecule has 1 unspecified atom stereocenters. The molecule has 1 aliphatic rings. The van der Waals surface area contributed by atoms with Crippen LogP contribution in [-0.2, 0) is 0 Å². The van der Waals surface area contributed by atoms with Crippen LogP contribution in [0.25, 0.3) is 0 Å². The SMILES string of the molecule is CC.CC.CCCN1CCCCC1C. The van der Waals surface area contributed by atoms with E-state index in [1.807, 2.05) is 27.7 Å². The molecule has 0 amide bonds. The van der Waals surface area contributed by atoms with Gasteiger partial charge in [-0.1, -0.05) is 41.0 Å². The van der Waals surface area contributed by atoms with Gasteiger partial charge in [0, 0.05) is 6.04 Å². The smallest absolute Gasteiger partial charge is 0.00669 e. The third-order valence-corrected chi connectivity index (χ3v) is 2.45. The first-order chi connectivity index (χ1) is 6.84. The maximum absolute atomic E-state index is 2.61. The Morgan fingerprint density at radius 2 is 1.64 bits per heavy atom. The monoisotopic (exact) mass is 201 g/mol. The van der Waals surface area contributed by atoms with Crippen LogP contribution in [0, 0.1) is 0 Å². The van der Waals surface area contributed by atoms with Crippen molar-refractivity contribution >= 4 is 0 Å². The molecule has 1 rings (SSSR count). The lowest BCUT2D eigenvalue weighted by Crippen LogP contribution is -2.37. The first-order valence-electron chi connectivity index (χ1n) is 6.58. The van der Waals surface area contributed by atoms with Crippen LogP contribution in [0.3, 0.4) is 0 Å². The molecule has 0 aromatic heterocycles. The first kappa shape index (κ1) is 16.4. The molecule has 0 saturated carbocycles. The van der Waals surface area contributed by atoms with Crippen LogP contribution in [0.4, 0.5) is 0 Å². The van der Waals surface area contributed by atoms with E-state index in [2.05, 4.69) is 18.7 Å². The predicted octanol–water partition coefficient (Wildman–Crippen LogP) is 4.32. The Hall–Kier alpha value is -0.0400. The van der Waals surface area contributed by atoms with Crippen molar-refractivity contribution in [2.45, 2.75) is 73.3 Å². The van der Waals surface area contributed by atoms with E-state index in [4.69, 9.17) is 0 Å². The van der Waals surface area contributed by atoms with Crippen molar-refractivity contribution in [1.29, 1.82) is 0 Å². The van der Waals surface area contributed by atoms with Crippen molar-refractivity contribution in [3.8, 4) is 0 Å². The van der Waals surface area contributed by atoms with Gasteiger partial charge in [0.2, 0.25) is 0 Å². The number of nitrogens with zero attached hydrogens (tertiary/aromatic N) is 1. The second kappa shape index (κ2) is 13.0. The van der Waals surface area contributed by atoms with Gasteiger partial charge in [-0.15, -0.1) is 0 Å². The summed E-state index contributed by atoms with van der Waals surface area (Å²) in [5, 5.41) is 0. The normalized spacial score (nSPS) is 21.4. The van der Waals surface area contributed by atoms with E-state index in [-0.39, 0.29) is 0 Å². The number of piperidine rings is 1. The summed E-state index contributed by atoms with van der Waals surface area (Å²) in [7, 11) is 0. The quantitative estimate of drug-likeness (QED) is 0.643. The van der Waals surface area contributed by atoms with E-state index >= 15 is 0 Å². The Bertz CT molecular complexity index is 89.2. The van der Waals surface area contributed by atoms with E-state index in [1.54, 1.807) is 0 Å². The molecule has 1 saturated heterocycles. The zero-order chi connectivity index (χ0) is 11.4. The molecule has 1 atom stereocenters. The summed E-state index contributed by atoms with van der Waals surface area (Å²) in [5.74, 6) is 0. The highest BCUT2D eigenvalue weighted by Gasteiger charge is 2.15. The van der Waals surface area contributed by atoms with Crippen molar-refractivity contribution in [3.63, 3.8) is 0 Å². The highest BCUT2D eigenvalue weighted by atomic mass is 15.1. The Morgan fingerprint density at radius 3 is 2.07 bits per heavy atom. The highest BCUT2D eigenvalue weighted by molar-refractivity contribution is 4.71. The molecule has 0 bridgehead atoms. The minimum absolute atomic E-state index is 0.855. The molecule has 1 fully saturated rings. The molecule has 0 radical (unpaired) electrons. The zero-order valence-electron chi connectivity index (χ0n) is 11.3. The molecule has 0 aromatic carbocycles. The summed E-state index contributed by atoms with van der Waals surface area (Å²) >= 11 is 0. The Labute approximate surface area is 91.9 Å². The van der Waals surface area contributed by atoms with Crippen LogP contribution in [0.5, 0.6) is 0 Å². The van der Waals surface area contributed by atoms with Crippen LogP contribution in [0.15, 0.2) is 0 Å². The van der Waals surface area contributed by atoms with Gasteiger partial charge in [0.25, 0.3) is 0 Å². The average Bonchev–Trinajstić information content (AvgIpc) is 2.28. The van der Waals surface area contributed by atoms with Crippen molar-refractivity contribution in [1.82, 2.24) is 4.90 Å².